The van der Waals surface area contributed by atoms with Crippen molar-refractivity contribution in [3.8, 4) is 0 Å². The van der Waals surface area contributed by atoms with Crippen LogP contribution in [0.25, 0.3) is 0 Å². The molecule has 3 nitrogen and oxygen atoms in total. The van der Waals surface area contributed by atoms with Crippen LogP contribution in [0.15, 0.2) is 0 Å². The van der Waals surface area contributed by atoms with E-state index in [1.165, 1.54) is 25.7 Å². The van der Waals surface area contributed by atoms with Crippen LogP contribution in [-0.2, 0) is 0 Å². The first-order valence-corrected chi connectivity index (χ1v) is 7.73. The number of hydrogen-bond donors (Lipinski definition) is 0. The molecule has 1 aliphatic carbocycles. The van der Waals surface area contributed by atoms with Gasteiger partial charge in [-0.15, -0.1) is 0 Å². The number of hydrogen-bond acceptors (Lipinski definition) is 4. The highest BCUT2D eigenvalue weighted by molar-refractivity contribution is 7.17. The summed E-state index contributed by atoms with van der Waals surface area (Å²) in [7, 11) is 0. The lowest BCUT2D eigenvalue weighted by molar-refractivity contribution is 0.102. The van der Waals surface area contributed by atoms with E-state index in [9.17, 15) is 4.79 Å². The molecule has 2 fully saturated rings. The van der Waals surface area contributed by atoms with Crippen molar-refractivity contribution in [3.63, 3.8) is 0 Å². The predicted molar refractivity (Wildman–Crippen MR) is 74.7 cm³/mol. The first kappa shape index (κ1) is 12.2. The van der Waals surface area contributed by atoms with Crippen LogP contribution in [0, 0.1) is 5.92 Å². The third-order valence-electron chi connectivity index (χ3n) is 3.85. The van der Waals surface area contributed by atoms with Crippen LogP contribution in [0.5, 0.6) is 0 Å². The van der Waals surface area contributed by atoms with Crippen molar-refractivity contribution in [1.82, 2.24) is 4.98 Å². The molecule has 2 aliphatic rings. The second kappa shape index (κ2) is 4.65. The molecule has 3 rings (SSSR count). The topological polar surface area (TPSA) is 33.2 Å². The van der Waals surface area contributed by atoms with Gasteiger partial charge in [0.25, 0.3) is 0 Å². The van der Waals surface area contributed by atoms with Gasteiger partial charge in [-0.2, -0.15) is 0 Å². The normalized spacial score (nSPS) is 24.3. The second-order valence-electron chi connectivity index (χ2n) is 5.73. The maximum atomic E-state index is 11.7. The van der Waals surface area contributed by atoms with Crippen molar-refractivity contribution in [2.75, 3.05) is 18.0 Å². The molecule has 1 saturated heterocycles. The molecule has 1 aromatic heterocycles. The number of nitrogens with zero attached hydrogens (tertiary/aromatic N) is 2. The minimum Gasteiger partial charge on any atom is -0.348 e. The Morgan fingerprint density at radius 1 is 1.39 bits per heavy atom. The molecule has 0 spiro atoms. The Bertz CT molecular complexity index is 464. The number of aromatic nitrogens is 1. The van der Waals surface area contributed by atoms with E-state index >= 15 is 0 Å². The Labute approximate surface area is 112 Å². The number of thiazole rings is 1. The van der Waals surface area contributed by atoms with Gasteiger partial charge < -0.3 is 4.90 Å². The number of carbonyl (C=O) groups is 1. The molecule has 2 heterocycles. The molecule has 1 saturated carbocycles. The molecule has 1 atom stereocenters. The van der Waals surface area contributed by atoms with Crippen LogP contribution in [0.2, 0.25) is 0 Å². The maximum absolute atomic E-state index is 11.7. The molecule has 18 heavy (non-hydrogen) atoms. The number of rotatable bonds is 3. The Kier molecular flexibility index (Phi) is 3.14. The van der Waals surface area contributed by atoms with Crippen molar-refractivity contribution in [1.29, 1.82) is 0 Å². The van der Waals surface area contributed by atoms with Crippen LogP contribution in [-0.4, -0.2) is 23.9 Å². The van der Waals surface area contributed by atoms with E-state index in [1.54, 1.807) is 18.3 Å². The molecule has 1 unspecified atom stereocenters. The average molecular weight is 264 g/mol. The largest absolute Gasteiger partial charge is 0.348 e. The highest BCUT2D eigenvalue weighted by Crippen LogP contribution is 2.44. The predicted octanol–water partition coefficient (Wildman–Crippen LogP) is 3.46. The van der Waals surface area contributed by atoms with E-state index in [0.29, 0.717) is 5.92 Å². The smallest absolute Gasteiger partial charge is 0.186 e. The summed E-state index contributed by atoms with van der Waals surface area (Å²) in [6, 6.07) is 0. The van der Waals surface area contributed by atoms with Crippen molar-refractivity contribution < 1.29 is 4.79 Å². The molecule has 0 amide bonds. The maximum Gasteiger partial charge on any atom is 0.186 e. The van der Waals surface area contributed by atoms with Crippen molar-refractivity contribution in [2.45, 2.75) is 45.4 Å². The van der Waals surface area contributed by atoms with Gasteiger partial charge in [0.2, 0.25) is 0 Å². The van der Waals surface area contributed by atoms with Crippen LogP contribution in [0.1, 0.15) is 60.8 Å². The highest BCUT2D eigenvalue weighted by Gasteiger charge is 2.32. The Morgan fingerprint density at radius 3 is 2.78 bits per heavy atom. The molecule has 0 aromatic carbocycles. The first-order valence-electron chi connectivity index (χ1n) is 6.91. The number of carbonyl (C=O) groups excluding carboxylic acids is 1. The molecule has 1 aliphatic heterocycles. The second-order valence-corrected chi connectivity index (χ2v) is 6.71. The van der Waals surface area contributed by atoms with Gasteiger partial charge in [0.1, 0.15) is 0 Å². The van der Waals surface area contributed by atoms with Crippen LogP contribution < -0.4 is 4.90 Å². The standard InChI is InChI=1S/C14H20N2OS/c1-9-4-3-7-16(8-9)14-15-12(11-5-6-11)13(18-14)10(2)17/h9,11H,3-8H2,1-2H3. The van der Waals surface area contributed by atoms with E-state index in [1.807, 2.05) is 0 Å². The number of ketones is 1. The van der Waals surface area contributed by atoms with Crippen LogP contribution in [0.3, 0.4) is 0 Å². The van der Waals surface area contributed by atoms with Gasteiger partial charge in [0.15, 0.2) is 10.9 Å². The van der Waals surface area contributed by atoms with Gasteiger partial charge in [0, 0.05) is 25.9 Å². The molecule has 4 heteroatoms. The van der Waals surface area contributed by atoms with Crippen molar-refractivity contribution in [2.24, 2.45) is 5.92 Å². The average Bonchev–Trinajstić information content (AvgIpc) is 3.07. The quantitative estimate of drug-likeness (QED) is 0.784. The molecule has 0 radical (unpaired) electrons. The fourth-order valence-corrected chi connectivity index (χ4v) is 3.79. The zero-order valence-electron chi connectivity index (χ0n) is 11.1. The first-order chi connectivity index (χ1) is 8.65. The third-order valence-corrected chi connectivity index (χ3v) is 5.09. The number of piperidine rings is 1. The Balaban J connectivity index is 1.87. The minimum atomic E-state index is 0.186. The summed E-state index contributed by atoms with van der Waals surface area (Å²) in [5, 5.41) is 1.08. The number of Topliss-reactive ketones (excluding diaryl/α,β-unsaturated/α-hetero) is 1. The van der Waals surface area contributed by atoms with Gasteiger partial charge >= 0.3 is 0 Å². The van der Waals surface area contributed by atoms with Gasteiger partial charge in [-0.1, -0.05) is 18.3 Å². The zero-order chi connectivity index (χ0) is 12.7. The summed E-state index contributed by atoms with van der Waals surface area (Å²) in [6.45, 7) is 6.16. The summed E-state index contributed by atoms with van der Waals surface area (Å²) in [6.07, 6.45) is 4.98. The zero-order valence-corrected chi connectivity index (χ0v) is 11.9. The Hall–Kier alpha value is -0.900. The van der Waals surface area contributed by atoms with Crippen molar-refractivity contribution in [3.05, 3.63) is 10.6 Å². The van der Waals surface area contributed by atoms with E-state index < -0.39 is 0 Å². The fraction of sp³-hybridized carbons (Fsp3) is 0.714. The third kappa shape index (κ3) is 2.30. The molecule has 0 bridgehead atoms. The van der Waals surface area contributed by atoms with Crippen LogP contribution in [0.4, 0.5) is 5.13 Å². The van der Waals surface area contributed by atoms with Gasteiger partial charge in [-0.05, 0) is 31.6 Å². The van der Waals surface area contributed by atoms with E-state index in [-0.39, 0.29) is 5.78 Å². The molecule has 0 N–H and O–H groups in total. The SMILES string of the molecule is CC(=O)c1sc(N2CCCC(C)C2)nc1C1CC1. The summed E-state index contributed by atoms with van der Waals surface area (Å²) in [5.74, 6) is 1.50. The van der Waals surface area contributed by atoms with E-state index in [0.717, 1.165) is 34.7 Å². The molecule has 98 valence electrons. The lowest BCUT2D eigenvalue weighted by atomic mass is 10.0. The van der Waals surface area contributed by atoms with E-state index in [2.05, 4.69) is 11.8 Å². The lowest BCUT2D eigenvalue weighted by Gasteiger charge is -2.30. The van der Waals surface area contributed by atoms with Crippen LogP contribution >= 0.6 is 11.3 Å². The summed E-state index contributed by atoms with van der Waals surface area (Å²) < 4.78 is 0. The summed E-state index contributed by atoms with van der Waals surface area (Å²) in [5.41, 5.74) is 1.08. The summed E-state index contributed by atoms with van der Waals surface area (Å²) >= 11 is 1.61. The monoisotopic (exact) mass is 264 g/mol. The van der Waals surface area contributed by atoms with Gasteiger partial charge in [-0.25, -0.2) is 4.98 Å². The van der Waals surface area contributed by atoms with Gasteiger partial charge in [0.05, 0.1) is 10.6 Å². The Morgan fingerprint density at radius 2 is 2.17 bits per heavy atom. The number of anilines is 1. The van der Waals surface area contributed by atoms with Gasteiger partial charge in [-0.3, -0.25) is 4.79 Å². The molecule has 1 aromatic rings. The minimum absolute atomic E-state index is 0.186. The summed E-state index contributed by atoms with van der Waals surface area (Å²) in [4.78, 5) is 19.8. The fourth-order valence-electron chi connectivity index (χ4n) is 2.70. The lowest BCUT2D eigenvalue weighted by Crippen LogP contribution is -2.34. The highest BCUT2D eigenvalue weighted by atomic mass is 32.1. The van der Waals surface area contributed by atoms with E-state index in [4.69, 9.17) is 4.98 Å². The molecular weight excluding hydrogens is 244 g/mol. The molecular formula is C14H20N2OS. The van der Waals surface area contributed by atoms with Crippen molar-refractivity contribution >= 4 is 22.3 Å².